The monoisotopic (exact) mass is 253 g/mol. The van der Waals surface area contributed by atoms with Crippen LogP contribution in [-0.2, 0) is 0 Å². The predicted molar refractivity (Wildman–Crippen MR) is 70.6 cm³/mol. The van der Waals surface area contributed by atoms with Crippen molar-refractivity contribution in [3.05, 3.63) is 29.8 Å². The summed E-state index contributed by atoms with van der Waals surface area (Å²) in [6.45, 7) is 2.23. The van der Waals surface area contributed by atoms with Gasteiger partial charge in [-0.25, -0.2) is 8.78 Å². The Labute approximate surface area is 108 Å². The smallest absolute Gasteiger partial charge is 0.181 e. The van der Waals surface area contributed by atoms with Gasteiger partial charge in [-0.15, -0.1) is 0 Å². The van der Waals surface area contributed by atoms with Crippen LogP contribution in [0.4, 0.5) is 14.5 Å². The molecule has 0 aromatic heterocycles. The maximum Gasteiger partial charge on any atom is 0.181 e. The lowest BCUT2D eigenvalue weighted by molar-refractivity contribution is 0.444. The zero-order valence-corrected chi connectivity index (χ0v) is 10.9. The van der Waals surface area contributed by atoms with E-state index in [-0.39, 0.29) is 6.04 Å². The van der Waals surface area contributed by atoms with Crippen LogP contribution in [0, 0.1) is 17.6 Å². The molecule has 1 fully saturated rings. The lowest BCUT2D eigenvalue weighted by Crippen LogP contribution is -2.19. The van der Waals surface area contributed by atoms with Crippen LogP contribution >= 0.6 is 0 Å². The minimum absolute atomic E-state index is 0.276. The summed E-state index contributed by atoms with van der Waals surface area (Å²) in [6.07, 6.45) is 6.94. The Bertz CT molecular complexity index is 392. The molecule has 1 saturated carbocycles. The third-order valence-electron chi connectivity index (χ3n) is 3.98. The average Bonchev–Trinajstić information content (AvgIpc) is 2.60. The van der Waals surface area contributed by atoms with E-state index in [4.69, 9.17) is 0 Å². The summed E-state index contributed by atoms with van der Waals surface area (Å²) in [5.41, 5.74) is 0.301. The van der Waals surface area contributed by atoms with Gasteiger partial charge in [0.15, 0.2) is 11.6 Å². The molecule has 0 bridgehead atoms. The first-order valence-corrected chi connectivity index (χ1v) is 6.91. The summed E-state index contributed by atoms with van der Waals surface area (Å²) in [5, 5.41) is 3.16. The summed E-state index contributed by atoms with van der Waals surface area (Å²) in [5.74, 6) is -0.733. The molecule has 2 atom stereocenters. The maximum absolute atomic E-state index is 13.6. The van der Waals surface area contributed by atoms with Crippen LogP contribution in [0.1, 0.15) is 45.4 Å². The number of rotatable bonds is 3. The second-order valence-corrected chi connectivity index (χ2v) is 5.23. The minimum Gasteiger partial charge on any atom is -0.380 e. The highest BCUT2D eigenvalue weighted by Gasteiger charge is 2.19. The Balaban J connectivity index is 1.99. The van der Waals surface area contributed by atoms with Crippen molar-refractivity contribution in [1.29, 1.82) is 0 Å². The summed E-state index contributed by atoms with van der Waals surface area (Å²) < 4.78 is 26.7. The van der Waals surface area contributed by atoms with Crippen molar-refractivity contribution >= 4 is 5.69 Å². The fourth-order valence-electron chi connectivity index (χ4n) is 2.77. The van der Waals surface area contributed by atoms with Gasteiger partial charge in [0.25, 0.3) is 0 Å². The van der Waals surface area contributed by atoms with Gasteiger partial charge < -0.3 is 5.32 Å². The van der Waals surface area contributed by atoms with E-state index in [2.05, 4.69) is 12.2 Å². The van der Waals surface area contributed by atoms with Gasteiger partial charge in [-0.2, -0.15) is 0 Å². The van der Waals surface area contributed by atoms with E-state index in [1.54, 1.807) is 12.1 Å². The van der Waals surface area contributed by atoms with E-state index >= 15 is 0 Å². The van der Waals surface area contributed by atoms with Gasteiger partial charge >= 0.3 is 0 Å². The molecule has 0 radical (unpaired) electrons. The predicted octanol–water partition coefficient (Wildman–Crippen LogP) is 4.74. The zero-order valence-electron chi connectivity index (χ0n) is 10.9. The van der Waals surface area contributed by atoms with Crippen LogP contribution in [0.3, 0.4) is 0 Å². The summed E-state index contributed by atoms with van der Waals surface area (Å²) in [7, 11) is 0. The van der Waals surface area contributed by atoms with E-state index in [1.807, 2.05) is 0 Å². The quantitative estimate of drug-likeness (QED) is 0.767. The largest absolute Gasteiger partial charge is 0.380 e. The Morgan fingerprint density at radius 2 is 2.00 bits per heavy atom. The van der Waals surface area contributed by atoms with Crippen LogP contribution in [-0.4, -0.2) is 6.04 Å². The molecule has 1 N–H and O–H groups in total. The number of hydrogen-bond acceptors (Lipinski definition) is 1. The lowest BCUT2D eigenvalue weighted by atomic mass is 9.98. The molecule has 18 heavy (non-hydrogen) atoms. The van der Waals surface area contributed by atoms with Crippen molar-refractivity contribution in [2.45, 2.75) is 51.5 Å². The molecule has 3 heteroatoms. The van der Waals surface area contributed by atoms with Gasteiger partial charge in [0.05, 0.1) is 5.69 Å². The highest BCUT2D eigenvalue weighted by atomic mass is 19.2. The SMILES string of the molecule is CCC1CCCC(Nc2cccc(F)c2F)CC1. The van der Waals surface area contributed by atoms with Gasteiger partial charge in [-0.05, 0) is 37.3 Å². The molecular weight excluding hydrogens is 232 g/mol. The fourth-order valence-corrected chi connectivity index (χ4v) is 2.77. The topological polar surface area (TPSA) is 12.0 Å². The lowest BCUT2D eigenvalue weighted by Gasteiger charge is -2.18. The molecule has 0 heterocycles. The summed E-state index contributed by atoms with van der Waals surface area (Å²) in [4.78, 5) is 0. The van der Waals surface area contributed by atoms with Crippen molar-refractivity contribution in [3.8, 4) is 0 Å². The minimum atomic E-state index is -0.778. The molecule has 0 aliphatic heterocycles. The molecule has 1 aliphatic rings. The van der Waals surface area contributed by atoms with Crippen molar-refractivity contribution in [2.75, 3.05) is 5.32 Å². The van der Waals surface area contributed by atoms with Gasteiger partial charge in [0.2, 0.25) is 0 Å². The molecule has 100 valence electrons. The van der Waals surface area contributed by atoms with Gasteiger partial charge in [0, 0.05) is 6.04 Å². The van der Waals surface area contributed by atoms with E-state index in [0.717, 1.165) is 24.8 Å². The molecule has 0 saturated heterocycles. The van der Waals surface area contributed by atoms with E-state index in [1.165, 1.54) is 25.7 Å². The number of hydrogen-bond donors (Lipinski definition) is 1. The van der Waals surface area contributed by atoms with Gasteiger partial charge in [-0.3, -0.25) is 0 Å². The fraction of sp³-hybridized carbons (Fsp3) is 0.600. The summed E-state index contributed by atoms with van der Waals surface area (Å²) in [6, 6.07) is 4.59. The molecule has 1 aliphatic carbocycles. The molecule has 1 nitrogen and oxygen atoms in total. The van der Waals surface area contributed by atoms with E-state index in [9.17, 15) is 8.78 Å². The van der Waals surface area contributed by atoms with Crippen LogP contribution < -0.4 is 5.32 Å². The van der Waals surface area contributed by atoms with Crippen molar-refractivity contribution < 1.29 is 8.78 Å². The van der Waals surface area contributed by atoms with Gasteiger partial charge in [0.1, 0.15) is 0 Å². The average molecular weight is 253 g/mol. The molecule has 1 aromatic rings. The molecular formula is C15H21F2N. The first kappa shape index (κ1) is 13.3. The standard InChI is InChI=1S/C15H21F2N/c1-2-11-5-3-6-12(10-9-11)18-14-8-4-7-13(16)15(14)17/h4,7-8,11-12,18H,2-3,5-6,9-10H2,1H3. The second kappa shape index (κ2) is 6.17. The van der Waals surface area contributed by atoms with Crippen LogP contribution in [0.2, 0.25) is 0 Å². The normalized spacial score (nSPS) is 24.6. The number of nitrogens with one attached hydrogen (secondary N) is 1. The number of halogens is 2. The van der Waals surface area contributed by atoms with Crippen LogP contribution in [0.25, 0.3) is 0 Å². The third-order valence-corrected chi connectivity index (χ3v) is 3.98. The second-order valence-electron chi connectivity index (χ2n) is 5.23. The molecule has 2 unspecified atom stereocenters. The zero-order chi connectivity index (χ0) is 13.0. The van der Waals surface area contributed by atoms with Crippen LogP contribution in [0.15, 0.2) is 18.2 Å². The first-order valence-electron chi connectivity index (χ1n) is 6.91. The van der Waals surface area contributed by atoms with Crippen molar-refractivity contribution in [1.82, 2.24) is 0 Å². The Hall–Kier alpha value is -1.12. The van der Waals surface area contributed by atoms with Crippen LogP contribution in [0.5, 0.6) is 0 Å². The van der Waals surface area contributed by atoms with E-state index < -0.39 is 11.6 Å². The Morgan fingerprint density at radius 3 is 2.78 bits per heavy atom. The molecule has 0 spiro atoms. The number of anilines is 1. The van der Waals surface area contributed by atoms with E-state index in [0.29, 0.717) is 5.69 Å². The highest BCUT2D eigenvalue weighted by Crippen LogP contribution is 2.28. The third kappa shape index (κ3) is 3.21. The number of benzene rings is 1. The van der Waals surface area contributed by atoms with Crippen molar-refractivity contribution in [3.63, 3.8) is 0 Å². The van der Waals surface area contributed by atoms with Gasteiger partial charge in [-0.1, -0.05) is 32.3 Å². The molecule has 2 rings (SSSR count). The highest BCUT2D eigenvalue weighted by molar-refractivity contribution is 5.45. The van der Waals surface area contributed by atoms with Crippen molar-refractivity contribution in [2.24, 2.45) is 5.92 Å². The summed E-state index contributed by atoms with van der Waals surface area (Å²) >= 11 is 0. The molecule has 0 amide bonds. The first-order chi connectivity index (χ1) is 8.70. The Kier molecular flexibility index (Phi) is 4.56. The maximum atomic E-state index is 13.6. The Morgan fingerprint density at radius 1 is 1.17 bits per heavy atom. The molecule has 1 aromatic carbocycles.